The van der Waals surface area contributed by atoms with Gasteiger partial charge in [0.1, 0.15) is 12.4 Å². The Kier molecular flexibility index (Phi) is 7.84. The highest BCUT2D eigenvalue weighted by atomic mass is 16.5. The van der Waals surface area contributed by atoms with E-state index in [4.69, 9.17) is 22.8 Å². The van der Waals surface area contributed by atoms with Crippen LogP contribution >= 0.6 is 0 Å². The van der Waals surface area contributed by atoms with Gasteiger partial charge in [-0.05, 0) is 56.2 Å². The molecule has 36 heavy (non-hydrogen) atoms. The topological polar surface area (TPSA) is 117 Å². The number of furan rings is 1. The number of nitrogens with zero attached hydrogens (tertiary/aromatic N) is 4. The van der Waals surface area contributed by atoms with Crippen molar-refractivity contribution in [1.82, 2.24) is 20.3 Å². The number of hydrogen-bond acceptors (Lipinski definition) is 9. The maximum Gasteiger partial charge on any atom is 0.283 e. The molecule has 188 valence electrons. The summed E-state index contributed by atoms with van der Waals surface area (Å²) in [7, 11) is 1.57. The second kappa shape index (κ2) is 11.4. The van der Waals surface area contributed by atoms with Gasteiger partial charge in [-0.1, -0.05) is 18.1 Å². The first-order valence-electron chi connectivity index (χ1n) is 11.5. The molecule has 0 aliphatic heterocycles. The molecule has 0 unspecified atom stereocenters. The molecule has 0 saturated heterocycles. The summed E-state index contributed by atoms with van der Waals surface area (Å²) < 4.78 is 27.5. The first kappa shape index (κ1) is 24.8. The highest BCUT2D eigenvalue weighted by Crippen LogP contribution is 2.30. The van der Waals surface area contributed by atoms with Crippen molar-refractivity contribution in [3.63, 3.8) is 0 Å². The highest BCUT2D eigenvalue weighted by molar-refractivity contribution is 5.91. The first-order valence-corrected chi connectivity index (χ1v) is 11.5. The summed E-state index contributed by atoms with van der Waals surface area (Å²) in [5.41, 5.74) is 2.48. The van der Waals surface area contributed by atoms with Crippen molar-refractivity contribution in [3.8, 4) is 23.1 Å². The summed E-state index contributed by atoms with van der Waals surface area (Å²) >= 11 is 0. The smallest absolute Gasteiger partial charge is 0.283 e. The Bertz CT molecular complexity index is 1300. The summed E-state index contributed by atoms with van der Waals surface area (Å²) in [4.78, 5) is 14.6. The third-order valence-corrected chi connectivity index (χ3v) is 5.49. The number of carbonyl (C=O) groups is 1. The third-order valence-electron chi connectivity index (χ3n) is 5.49. The summed E-state index contributed by atoms with van der Waals surface area (Å²) in [5, 5.41) is 12.0. The number of ether oxygens (including phenoxy) is 2. The van der Waals surface area contributed by atoms with E-state index in [-0.39, 0.29) is 18.3 Å². The molecule has 0 fully saturated rings. The van der Waals surface area contributed by atoms with Gasteiger partial charge >= 0.3 is 0 Å². The lowest BCUT2D eigenvalue weighted by Gasteiger charge is -2.18. The van der Waals surface area contributed by atoms with E-state index in [1.807, 2.05) is 32.9 Å². The molecule has 1 aromatic carbocycles. The predicted octanol–water partition coefficient (Wildman–Crippen LogP) is 4.97. The van der Waals surface area contributed by atoms with Crippen molar-refractivity contribution in [1.29, 1.82) is 0 Å². The molecular formula is C26H28N4O6. The standard InChI is InChI=1S/C26H28N4O6/c1-5-12-30(15-24-27-28-26(35-24)22-7-6-13-33-22)25(31)11-9-19-8-10-21(23(14-19)32-4)34-16-20-17(2)29-36-18(20)3/h6-11,13-14H,5,12,15-16H2,1-4H3. The molecule has 0 aliphatic rings. The number of carbonyl (C=O) groups excluding carboxylic acids is 1. The third kappa shape index (κ3) is 5.83. The van der Waals surface area contributed by atoms with Crippen LogP contribution in [0.25, 0.3) is 17.7 Å². The second-order valence-electron chi connectivity index (χ2n) is 8.07. The van der Waals surface area contributed by atoms with E-state index in [9.17, 15) is 4.79 Å². The predicted molar refractivity (Wildman–Crippen MR) is 130 cm³/mol. The molecule has 0 radical (unpaired) electrons. The molecule has 4 aromatic rings. The molecule has 1 amide bonds. The molecule has 0 saturated carbocycles. The van der Waals surface area contributed by atoms with Crippen LogP contribution < -0.4 is 9.47 Å². The zero-order chi connectivity index (χ0) is 25.5. The summed E-state index contributed by atoms with van der Waals surface area (Å²) in [5.74, 6) is 2.77. The average molecular weight is 493 g/mol. The van der Waals surface area contributed by atoms with Crippen LogP contribution in [-0.2, 0) is 17.9 Å². The SMILES string of the molecule is CCCN(Cc1nnc(-c2ccco2)o1)C(=O)C=Cc1ccc(OCc2c(C)noc2C)c(OC)c1. The Morgan fingerprint density at radius 1 is 1.17 bits per heavy atom. The number of hydrogen-bond donors (Lipinski definition) is 0. The van der Waals surface area contributed by atoms with Crippen LogP contribution in [0.4, 0.5) is 0 Å². The molecule has 10 nitrogen and oxygen atoms in total. The zero-order valence-electron chi connectivity index (χ0n) is 20.7. The maximum atomic E-state index is 12.9. The Morgan fingerprint density at radius 3 is 2.72 bits per heavy atom. The molecule has 0 spiro atoms. The normalized spacial score (nSPS) is 11.2. The quantitative estimate of drug-likeness (QED) is 0.267. The van der Waals surface area contributed by atoms with Gasteiger partial charge < -0.3 is 27.7 Å². The van der Waals surface area contributed by atoms with E-state index in [0.717, 1.165) is 29.0 Å². The lowest BCUT2D eigenvalue weighted by Crippen LogP contribution is -2.29. The Balaban J connectivity index is 1.41. The molecule has 0 N–H and O–H groups in total. The fraction of sp³-hybridized carbons (Fsp3) is 0.308. The Labute approximate surface area is 208 Å². The summed E-state index contributed by atoms with van der Waals surface area (Å²) in [6.45, 7) is 6.77. The van der Waals surface area contributed by atoms with Gasteiger partial charge in [0.05, 0.1) is 31.2 Å². The van der Waals surface area contributed by atoms with Crippen molar-refractivity contribution in [2.24, 2.45) is 0 Å². The van der Waals surface area contributed by atoms with E-state index < -0.39 is 0 Å². The van der Waals surface area contributed by atoms with Crippen molar-refractivity contribution >= 4 is 12.0 Å². The first-order chi connectivity index (χ1) is 17.5. The summed E-state index contributed by atoms with van der Waals surface area (Å²) in [6, 6.07) is 8.94. The molecule has 10 heteroatoms. The zero-order valence-corrected chi connectivity index (χ0v) is 20.7. The van der Waals surface area contributed by atoms with Crippen molar-refractivity contribution in [2.75, 3.05) is 13.7 Å². The molecular weight excluding hydrogens is 464 g/mol. The van der Waals surface area contributed by atoms with E-state index in [1.165, 1.54) is 12.3 Å². The van der Waals surface area contributed by atoms with Crippen LogP contribution in [0.15, 0.2) is 56.0 Å². The van der Waals surface area contributed by atoms with Gasteiger partial charge in [-0.3, -0.25) is 4.79 Å². The summed E-state index contributed by atoms with van der Waals surface area (Å²) in [6.07, 6.45) is 5.56. The van der Waals surface area contributed by atoms with Gasteiger partial charge in [-0.25, -0.2) is 0 Å². The lowest BCUT2D eigenvalue weighted by atomic mass is 10.1. The number of aryl methyl sites for hydroxylation is 2. The second-order valence-corrected chi connectivity index (χ2v) is 8.07. The van der Waals surface area contributed by atoms with Gasteiger partial charge in [-0.15, -0.1) is 10.2 Å². The van der Waals surface area contributed by atoms with E-state index in [2.05, 4.69) is 15.4 Å². The minimum Gasteiger partial charge on any atom is -0.493 e. The van der Waals surface area contributed by atoms with Crippen LogP contribution in [-0.4, -0.2) is 39.8 Å². The molecule has 4 rings (SSSR count). The number of amides is 1. The Morgan fingerprint density at radius 2 is 2.03 bits per heavy atom. The lowest BCUT2D eigenvalue weighted by molar-refractivity contribution is -0.126. The van der Waals surface area contributed by atoms with Crippen molar-refractivity contribution in [2.45, 2.75) is 40.3 Å². The van der Waals surface area contributed by atoms with Crippen LogP contribution in [0.1, 0.15) is 41.8 Å². The fourth-order valence-electron chi connectivity index (χ4n) is 3.56. The largest absolute Gasteiger partial charge is 0.493 e. The Hall–Kier alpha value is -4.34. The van der Waals surface area contributed by atoms with Crippen molar-refractivity contribution in [3.05, 3.63) is 71.1 Å². The molecule has 3 heterocycles. The minimum atomic E-state index is -0.174. The minimum absolute atomic E-state index is 0.174. The van der Waals surface area contributed by atoms with Crippen LogP contribution in [0.3, 0.4) is 0 Å². The van der Waals surface area contributed by atoms with Gasteiger partial charge in [0.2, 0.25) is 11.8 Å². The average Bonchev–Trinajstić information content (AvgIpc) is 3.64. The molecule has 3 aromatic heterocycles. The molecule has 0 atom stereocenters. The van der Waals surface area contributed by atoms with Gasteiger partial charge in [0, 0.05) is 12.6 Å². The fourth-order valence-corrected chi connectivity index (χ4v) is 3.56. The van der Waals surface area contributed by atoms with Gasteiger partial charge in [0.25, 0.3) is 5.89 Å². The van der Waals surface area contributed by atoms with E-state index in [1.54, 1.807) is 36.3 Å². The van der Waals surface area contributed by atoms with Crippen molar-refractivity contribution < 1.29 is 27.6 Å². The number of methoxy groups -OCH3 is 1. The number of aromatic nitrogens is 3. The molecule has 0 bridgehead atoms. The van der Waals surface area contributed by atoms with Crippen LogP contribution in [0.5, 0.6) is 11.5 Å². The van der Waals surface area contributed by atoms with E-state index >= 15 is 0 Å². The number of rotatable bonds is 11. The number of benzene rings is 1. The van der Waals surface area contributed by atoms with Gasteiger partial charge in [0.15, 0.2) is 17.3 Å². The monoisotopic (exact) mass is 492 g/mol. The maximum absolute atomic E-state index is 12.9. The van der Waals surface area contributed by atoms with Crippen LogP contribution in [0.2, 0.25) is 0 Å². The van der Waals surface area contributed by atoms with E-state index in [0.29, 0.717) is 36.3 Å². The molecule has 0 aliphatic carbocycles. The highest BCUT2D eigenvalue weighted by Gasteiger charge is 2.17. The van der Waals surface area contributed by atoms with Gasteiger partial charge in [-0.2, -0.15) is 0 Å². The van der Waals surface area contributed by atoms with Crippen LogP contribution in [0, 0.1) is 13.8 Å².